The normalized spacial score (nSPS) is 19.0. The van der Waals surface area contributed by atoms with E-state index in [1.807, 2.05) is 6.07 Å². The Morgan fingerprint density at radius 3 is 2.77 bits per heavy atom. The maximum absolute atomic E-state index is 14.3. The predicted octanol–water partition coefficient (Wildman–Crippen LogP) is 4.10. The van der Waals surface area contributed by atoms with Crippen molar-refractivity contribution in [3.8, 4) is 0 Å². The Morgan fingerprint density at radius 1 is 1.17 bits per heavy atom. The van der Waals surface area contributed by atoms with Crippen LogP contribution in [0, 0.1) is 17.7 Å². The van der Waals surface area contributed by atoms with E-state index in [0.717, 1.165) is 25.7 Å². The minimum absolute atomic E-state index is 0.0425. The Bertz CT molecular complexity index is 1080. The molecule has 2 aromatic heterocycles. The lowest BCUT2D eigenvalue weighted by molar-refractivity contribution is 0.0863. The summed E-state index contributed by atoms with van der Waals surface area (Å²) in [6.45, 7) is 0.0853. The van der Waals surface area contributed by atoms with Gasteiger partial charge >= 0.3 is 0 Å². The number of halogens is 1. The minimum atomic E-state index is -0.611. The number of aliphatic hydroxyl groups excluding tert-OH is 1. The summed E-state index contributed by atoms with van der Waals surface area (Å²) < 4.78 is 16.0. The maximum Gasteiger partial charge on any atom is 0.274 e. The summed E-state index contributed by atoms with van der Waals surface area (Å²) in [6, 6.07) is 9.37. The molecule has 1 aromatic carbocycles. The highest BCUT2D eigenvalue weighted by Crippen LogP contribution is 2.33. The van der Waals surface area contributed by atoms with Crippen LogP contribution in [-0.4, -0.2) is 32.8 Å². The molecule has 30 heavy (non-hydrogen) atoms. The number of hydrogen-bond donors (Lipinski definition) is 2. The standard InChI is InChI=1S/C23H24FN3O3/c24-18-9-8-16(21(29)12-15-5-1-2-6-17(15)14-28)11-19(18)26-23(30)20-13-25-22-7-3-4-10-27(20)22/h3-4,7-11,13,15,17,28H,1-2,5-6,12,14H2,(H,26,30)/t15-,17-/m0/s1. The lowest BCUT2D eigenvalue weighted by Crippen LogP contribution is -2.25. The van der Waals surface area contributed by atoms with Crippen LogP contribution in [0.3, 0.4) is 0 Å². The fraction of sp³-hybridized carbons (Fsp3) is 0.348. The number of Topliss-reactive ketones (excluding diaryl/α,β-unsaturated/α-hetero) is 1. The summed E-state index contributed by atoms with van der Waals surface area (Å²) in [6.07, 6.45) is 7.42. The van der Waals surface area contributed by atoms with Gasteiger partial charge in [-0.15, -0.1) is 0 Å². The molecule has 1 aliphatic rings. The van der Waals surface area contributed by atoms with Gasteiger partial charge in [-0.2, -0.15) is 0 Å². The second-order valence-corrected chi connectivity index (χ2v) is 7.84. The van der Waals surface area contributed by atoms with E-state index in [1.54, 1.807) is 22.7 Å². The minimum Gasteiger partial charge on any atom is -0.396 e. The van der Waals surface area contributed by atoms with E-state index in [9.17, 15) is 19.1 Å². The molecule has 156 valence electrons. The molecule has 0 radical (unpaired) electrons. The van der Waals surface area contributed by atoms with Gasteiger partial charge < -0.3 is 10.4 Å². The molecule has 7 heteroatoms. The maximum atomic E-state index is 14.3. The highest BCUT2D eigenvalue weighted by Gasteiger charge is 2.27. The lowest BCUT2D eigenvalue weighted by Gasteiger charge is -2.29. The number of anilines is 1. The second-order valence-electron chi connectivity index (χ2n) is 7.84. The van der Waals surface area contributed by atoms with Crippen LogP contribution in [-0.2, 0) is 0 Å². The quantitative estimate of drug-likeness (QED) is 0.601. The zero-order chi connectivity index (χ0) is 21.1. The molecule has 0 spiro atoms. The first-order valence-corrected chi connectivity index (χ1v) is 10.2. The van der Waals surface area contributed by atoms with Crippen LogP contribution in [0.5, 0.6) is 0 Å². The van der Waals surface area contributed by atoms with Crippen molar-refractivity contribution < 1.29 is 19.1 Å². The van der Waals surface area contributed by atoms with Crippen molar-refractivity contribution in [2.45, 2.75) is 32.1 Å². The monoisotopic (exact) mass is 409 g/mol. The van der Waals surface area contributed by atoms with E-state index in [4.69, 9.17) is 0 Å². The third kappa shape index (κ3) is 4.11. The molecule has 6 nitrogen and oxygen atoms in total. The van der Waals surface area contributed by atoms with E-state index in [2.05, 4.69) is 10.3 Å². The predicted molar refractivity (Wildman–Crippen MR) is 111 cm³/mol. The van der Waals surface area contributed by atoms with Crippen molar-refractivity contribution in [1.82, 2.24) is 9.38 Å². The van der Waals surface area contributed by atoms with Gasteiger partial charge in [0.05, 0.1) is 11.9 Å². The highest BCUT2D eigenvalue weighted by molar-refractivity contribution is 6.04. The van der Waals surface area contributed by atoms with Crippen molar-refractivity contribution in [2.75, 3.05) is 11.9 Å². The second kappa shape index (κ2) is 8.75. The number of aliphatic hydroxyl groups is 1. The molecule has 0 unspecified atom stereocenters. The first-order chi connectivity index (χ1) is 14.6. The number of carbonyl (C=O) groups excluding carboxylic acids is 2. The summed E-state index contributed by atoms with van der Waals surface area (Å²) >= 11 is 0. The molecule has 4 rings (SSSR count). The molecule has 0 saturated heterocycles. The fourth-order valence-electron chi connectivity index (χ4n) is 4.23. The van der Waals surface area contributed by atoms with Gasteiger partial charge in [0.2, 0.25) is 0 Å². The summed E-state index contributed by atoms with van der Waals surface area (Å²) in [5, 5.41) is 12.1. The molecule has 1 saturated carbocycles. The number of imidazole rings is 1. The van der Waals surface area contributed by atoms with Gasteiger partial charge in [0.15, 0.2) is 5.78 Å². The van der Waals surface area contributed by atoms with Crippen LogP contribution < -0.4 is 5.32 Å². The number of fused-ring (bicyclic) bond motifs is 1. The Morgan fingerprint density at radius 2 is 1.97 bits per heavy atom. The number of aromatic nitrogens is 2. The number of nitrogens with one attached hydrogen (secondary N) is 1. The SMILES string of the molecule is O=C(C[C@@H]1CCCC[C@H]1CO)c1ccc(F)c(NC(=O)c2cnc3ccccn23)c1. The Kier molecular flexibility index (Phi) is 5.90. The van der Waals surface area contributed by atoms with Crippen LogP contribution in [0.2, 0.25) is 0 Å². The molecule has 2 N–H and O–H groups in total. The number of benzene rings is 1. The number of nitrogens with zero attached hydrogens (tertiary/aromatic N) is 2. The summed E-state index contributed by atoms with van der Waals surface area (Å²) in [5.41, 5.74) is 1.19. The van der Waals surface area contributed by atoms with Crippen molar-refractivity contribution >= 4 is 23.0 Å². The molecule has 1 aliphatic carbocycles. The van der Waals surface area contributed by atoms with Gasteiger partial charge in [0.25, 0.3) is 5.91 Å². The Labute approximate surface area is 173 Å². The first kappa shape index (κ1) is 20.2. The van der Waals surface area contributed by atoms with Gasteiger partial charge in [-0.1, -0.05) is 18.9 Å². The van der Waals surface area contributed by atoms with Crippen molar-refractivity contribution in [2.24, 2.45) is 11.8 Å². The van der Waals surface area contributed by atoms with E-state index in [1.165, 1.54) is 24.4 Å². The summed E-state index contributed by atoms with van der Waals surface area (Å²) in [7, 11) is 0. The molecule has 2 atom stereocenters. The zero-order valence-electron chi connectivity index (χ0n) is 16.6. The molecule has 1 amide bonds. The fourth-order valence-corrected chi connectivity index (χ4v) is 4.23. The van der Waals surface area contributed by atoms with Crippen LogP contribution in [0.25, 0.3) is 5.65 Å². The largest absolute Gasteiger partial charge is 0.396 e. The van der Waals surface area contributed by atoms with Crippen molar-refractivity contribution in [3.05, 3.63) is 65.9 Å². The average Bonchev–Trinajstić information content (AvgIpc) is 3.20. The van der Waals surface area contributed by atoms with Crippen molar-refractivity contribution in [1.29, 1.82) is 0 Å². The highest BCUT2D eigenvalue weighted by atomic mass is 19.1. The van der Waals surface area contributed by atoms with E-state index < -0.39 is 11.7 Å². The Balaban J connectivity index is 1.51. The van der Waals surface area contributed by atoms with Crippen LogP contribution in [0.1, 0.15) is 53.0 Å². The van der Waals surface area contributed by atoms with E-state index in [0.29, 0.717) is 17.6 Å². The average molecular weight is 409 g/mol. The van der Waals surface area contributed by atoms with Gasteiger partial charge in [-0.25, -0.2) is 9.37 Å². The van der Waals surface area contributed by atoms with Crippen LogP contribution >= 0.6 is 0 Å². The van der Waals surface area contributed by atoms with E-state index in [-0.39, 0.29) is 35.6 Å². The van der Waals surface area contributed by atoms with Gasteiger partial charge in [0.1, 0.15) is 17.2 Å². The number of rotatable bonds is 6. The third-order valence-corrected chi connectivity index (χ3v) is 5.93. The number of ketones is 1. The van der Waals surface area contributed by atoms with Crippen LogP contribution in [0.15, 0.2) is 48.8 Å². The topological polar surface area (TPSA) is 83.7 Å². The van der Waals surface area contributed by atoms with Gasteiger partial charge in [-0.05, 0) is 55.0 Å². The van der Waals surface area contributed by atoms with Crippen molar-refractivity contribution in [3.63, 3.8) is 0 Å². The third-order valence-electron chi connectivity index (χ3n) is 5.93. The first-order valence-electron chi connectivity index (χ1n) is 10.2. The molecule has 0 bridgehead atoms. The van der Waals surface area contributed by atoms with Gasteiger partial charge in [-0.3, -0.25) is 14.0 Å². The number of carbonyl (C=O) groups is 2. The van der Waals surface area contributed by atoms with Crippen LogP contribution in [0.4, 0.5) is 10.1 Å². The summed E-state index contributed by atoms with van der Waals surface area (Å²) in [4.78, 5) is 29.6. The molecular weight excluding hydrogens is 385 g/mol. The number of hydrogen-bond acceptors (Lipinski definition) is 4. The lowest BCUT2D eigenvalue weighted by atomic mass is 9.76. The molecule has 0 aliphatic heterocycles. The summed E-state index contributed by atoms with van der Waals surface area (Å²) in [5.74, 6) is -0.954. The van der Waals surface area contributed by atoms with Gasteiger partial charge in [0, 0.05) is 24.8 Å². The smallest absolute Gasteiger partial charge is 0.274 e. The molecule has 3 aromatic rings. The van der Waals surface area contributed by atoms with E-state index >= 15 is 0 Å². The number of pyridine rings is 1. The number of amides is 1. The molecular formula is C23H24FN3O3. The molecule has 1 fully saturated rings. The molecule has 2 heterocycles. The Hall–Kier alpha value is -3.06. The zero-order valence-corrected chi connectivity index (χ0v) is 16.6.